The van der Waals surface area contributed by atoms with Gasteiger partial charge in [-0.1, -0.05) is 0 Å². The van der Waals surface area contributed by atoms with Crippen LogP contribution in [0.3, 0.4) is 0 Å². The average Bonchev–Trinajstić information content (AvgIpc) is 2.65. The van der Waals surface area contributed by atoms with E-state index in [1.165, 1.54) is 0 Å². The van der Waals surface area contributed by atoms with Crippen LogP contribution in [0, 0.1) is 5.92 Å². The van der Waals surface area contributed by atoms with Crippen molar-refractivity contribution >= 4 is 11.9 Å². The molecule has 7 heteroatoms. The minimum atomic E-state index is -0.00942. The quantitative estimate of drug-likeness (QED) is 0.529. The van der Waals surface area contributed by atoms with Crippen LogP contribution in [0.25, 0.3) is 0 Å². The Hall–Kier alpha value is -1.34. The number of aliphatic imine (C=N–C) groups is 1. The normalized spacial score (nSPS) is 25.6. The Bertz CT molecular complexity index is 519. The molecule has 2 fully saturated rings. The molecule has 0 bridgehead atoms. The lowest BCUT2D eigenvalue weighted by Gasteiger charge is -2.44. The molecular weight excluding hydrogens is 354 g/mol. The highest BCUT2D eigenvalue weighted by atomic mass is 16.5. The summed E-state index contributed by atoms with van der Waals surface area (Å²) >= 11 is 0. The van der Waals surface area contributed by atoms with Crippen molar-refractivity contribution < 1.29 is 9.53 Å². The number of hydrogen-bond donors (Lipinski definition) is 2. The smallest absolute Gasteiger partial charge is 0.220 e. The lowest BCUT2D eigenvalue weighted by molar-refractivity contribution is -0.121. The summed E-state index contributed by atoms with van der Waals surface area (Å²) in [6, 6.07) is 0. The van der Waals surface area contributed by atoms with E-state index in [2.05, 4.69) is 55.1 Å². The van der Waals surface area contributed by atoms with E-state index in [0.717, 1.165) is 58.1 Å². The molecule has 28 heavy (non-hydrogen) atoms. The molecule has 2 unspecified atom stereocenters. The van der Waals surface area contributed by atoms with Gasteiger partial charge in [0.05, 0.1) is 18.8 Å². The van der Waals surface area contributed by atoms with Gasteiger partial charge in [0, 0.05) is 51.7 Å². The number of carbonyl (C=O) groups excluding carboxylic acids is 1. The summed E-state index contributed by atoms with van der Waals surface area (Å²) in [5.41, 5.74) is -0.00942. The maximum Gasteiger partial charge on any atom is 0.220 e. The van der Waals surface area contributed by atoms with Crippen LogP contribution < -0.4 is 10.6 Å². The number of carbonyl (C=O) groups is 1. The Morgan fingerprint density at radius 3 is 2.32 bits per heavy atom. The fraction of sp³-hybridized carbons (Fsp3) is 0.905. The summed E-state index contributed by atoms with van der Waals surface area (Å²) in [6.07, 6.45) is 3.25. The fourth-order valence-corrected chi connectivity index (χ4v) is 4.18. The Morgan fingerprint density at radius 2 is 1.79 bits per heavy atom. The van der Waals surface area contributed by atoms with E-state index in [0.29, 0.717) is 12.3 Å². The van der Waals surface area contributed by atoms with E-state index in [1.54, 1.807) is 7.05 Å². The van der Waals surface area contributed by atoms with Crippen LogP contribution in [-0.4, -0.2) is 85.7 Å². The number of piperidine rings is 1. The zero-order valence-corrected chi connectivity index (χ0v) is 18.8. The number of hydrogen-bond acceptors (Lipinski definition) is 4. The van der Waals surface area contributed by atoms with Gasteiger partial charge in [-0.2, -0.15) is 0 Å². The SMILES string of the molecule is CCNC(=NCC(C)(C)N1CC(C)OC(C)C1)N1CCC(CC(=O)NC)CC1. The van der Waals surface area contributed by atoms with Crippen LogP contribution in [0.5, 0.6) is 0 Å². The fourth-order valence-electron chi connectivity index (χ4n) is 4.18. The molecule has 7 nitrogen and oxygen atoms in total. The molecule has 0 radical (unpaired) electrons. The second-order valence-corrected chi connectivity index (χ2v) is 8.95. The van der Waals surface area contributed by atoms with Gasteiger partial charge in [0.1, 0.15) is 0 Å². The van der Waals surface area contributed by atoms with Crippen LogP contribution in [0.1, 0.15) is 53.9 Å². The number of nitrogens with one attached hydrogen (secondary N) is 2. The topological polar surface area (TPSA) is 69.2 Å². The van der Waals surface area contributed by atoms with E-state index >= 15 is 0 Å². The van der Waals surface area contributed by atoms with Crippen LogP contribution in [0.2, 0.25) is 0 Å². The predicted molar refractivity (Wildman–Crippen MR) is 115 cm³/mol. The molecule has 2 aliphatic rings. The summed E-state index contributed by atoms with van der Waals surface area (Å²) in [5.74, 6) is 1.63. The average molecular weight is 396 g/mol. The molecule has 2 rings (SSSR count). The Morgan fingerprint density at radius 1 is 1.18 bits per heavy atom. The summed E-state index contributed by atoms with van der Waals surface area (Å²) in [6.45, 7) is 16.4. The molecule has 0 aromatic carbocycles. The molecule has 0 aromatic heterocycles. The van der Waals surface area contributed by atoms with Crippen molar-refractivity contribution in [2.45, 2.75) is 71.6 Å². The van der Waals surface area contributed by atoms with Gasteiger partial charge in [-0.25, -0.2) is 0 Å². The summed E-state index contributed by atoms with van der Waals surface area (Å²) in [5, 5.41) is 6.20. The van der Waals surface area contributed by atoms with E-state index in [-0.39, 0.29) is 23.7 Å². The van der Waals surface area contributed by atoms with Crippen LogP contribution in [0.15, 0.2) is 4.99 Å². The van der Waals surface area contributed by atoms with Gasteiger partial charge >= 0.3 is 0 Å². The first-order valence-corrected chi connectivity index (χ1v) is 10.9. The number of rotatable bonds is 6. The highest BCUT2D eigenvalue weighted by Gasteiger charge is 2.33. The molecule has 2 heterocycles. The summed E-state index contributed by atoms with van der Waals surface area (Å²) in [7, 11) is 1.71. The van der Waals surface area contributed by atoms with Gasteiger partial charge in [-0.05, 0) is 53.4 Å². The number of nitrogens with zero attached hydrogens (tertiary/aromatic N) is 3. The number of ether oxygens (including phenoxy) is 1. The van der Waals surface area contributed by atoms with Crippen molar-refractivity contribution in [1.29, 1.82) is 0 Å². The molecule has 2 saturated heterocycles. The van der Waals surface area contributed by atoms with E-state index in [1.807, 2.05) is 0 Å². The maximum absolute atomic E-state index is 11.6. The highest BCUT2D eigenvalue weighted by Crippen LogP contribution is 2.23. The first-order chi connectivity index (χ1) is 13.2. The molecule has 2 atom stereocenters. The minimum Gasteiger partial charge on any atom is -0.373 e. The van der Waals surface area contributed by atoms with Crippen molar-refractivity contribution in [1.82, 2.24) is 20.4 Å². The minimum absolute atomic E-state index is 0.00942. The molecular formula is C21H41N5O2. The Balaban J connectivity index is 1.95. The van der Waals surface area contributed by atoms with Gasteiger partial charge in [0.2, 0.25) is 5.91 Å². The van der Waals surface area contributed by atoms with Crippen LogP contribution in [-0.2, 0) is 9.53 Å². The molecule has 2 aliphatic heterocycles. The maximum atomic E-state index is 11.6. The third kappa shape index (κ3) is 6.62. The third-order valence-electron chi connectivity index (χ3n) is 5.89. The first-order valence-electron chi connectivity index (χ1n) is 10.9. The van der Waals surface area contributed by atoms with Crippen molar-refractivity contribution in [3.8, 4) is 0 Å². The monoisotopic (exact) mass is 395 g/mol. The molecule has 162 valence electrons. The summed E-state index contributed by atoms with van der Waals surface area (Å²) < 4.78 is 5.89. The molecule has 1 amide bonds. The largest absolute Gasteiger partial charge is 0.373 e. The molecule has 0 aromatic rings. The van der Waals surface area contributed by atoms with Gasteiger partial charge in [-0.3, -0.25) is 14.7 Å². The highest BCUT2D eigenvalue weighted by molar-refractivity contribution is 5.80. The van der Waals surface area contributed by atoms with Crippen molar-refractivity contribution in [2.75, 3.05) is 46.3 Å². The van der Waals surface area contributed by atoms with Gasteiger partial charge in [0.15, 0.2) is 5.96 Å². The lowest BCUT2D eigenvalue weighted by Crippen LogP contribution is -2.56. The summed E-state index contributed by atoms with van der Waals surface area (Å²) in [4.78, 5) is 21.5. The van der Waals surface area contributed by atoms with Crippen molar-refractivity contribution in [3.05, 3.63) is 0 Å². The molecule has 0 aliphatic carbocycles. The second kappa shape index (κ2) is 10.4. The second-order valence-electron chi connectivity index (χ2n) is 8.95. The zero-order chi connectivity index (χ0) is 20.7. The van der Waals surface area contributed by atoms with Gasteiger partial charge < -0.3 is 20.3 Å². The number of amides is 1. The number of morpholine rings is 1. The first kappa shape index (κ1) is 22.9. The molecule has 0 spiro atoms. The Kier molecular flexibility index (Phi) is 8.56. The predicted octanol–water partition coefficient (Wildman–Crippen LogP) is 1.69. The van der Waals surface area contributed by atoms with Gasteiger partial charge in [0.25, 0.3) is 0 Å². The standard InChI is InChI=1S/C21H41N5O2/c1-7-23-20(25-10-8-18(9-11-25)12-19(27)22-6)24-15-21(4,5)26-13-16(2)28-17(3)14-26/h16-18H,7-15H2,1-6H3,(H,22,27)(H,23,24). The van der Waals surface area contributed by atoms with E-state index in [9.17, 15) is 4.79 Å². The zero-order valence-electron chi connectivity index (χ0n) is 18.8. The van der Waals surface area contributed by atoms with Gasteiger partial charge in [-0.15, -0.1) is 0 Å². The molecule has 2 N–H and O–H groups in total. The lowest BCUT2D eigenvalue weighted by atomic mass is 9.93. The van der Waals surface area contributed by atoms with E-state index < -0.39 is 0 Å². The van der Waals surface area contributed by atoms with Crippen LogP contribution in [0.4, 0.5) is 0 Å². The van der Waals surface area contributed by atoms with E-state index in [4.69, 9.17) is 9.73 Å². The number of guanidine groups is 1. The van der Waals surface area contributed by atoms with Crippen LogP contribution >= 0.6 is 0 Å². The van der Waals surface area contributed by atoms with Crippen molar-refractivity contribution in [2.24, 2.45) is 10.9 Å². The third-order valence-corrected chi connectivity index (χ3v) is 5.89. The molecule has 0 saturated carbocycles. The Labute approximate surface area is 171 Å². The number of likely N-dealkylation sites (tertiary alicyclic amines) is 1. The van der Waals surface area contributed by atoms with Crippen molar-refractivity contribution in [3.63, 3.8) is 0 Å².